The average molecular weight is 214 g/mol. The number of nitrogens with one attached hydrogen (secondary N) is 1. The van der Waals surface area contributed by atoms with Crippen LogP contribution in [0.3, 0.4) is 0 Å². The van der Waals surface area contributed by atoms with Crippen molar-refractivity contribution >= 4 is 0 Å². The SMILES string of the molecule is c1cnn(-c2cc(CNC3CC3)ccn2)c1. The highest BCUT2D eigenvalue weighted by molar-refractivity contribution is 5.26. The van der Waals surface area contributed by atoms with Gasteiger partial charge >= 0.3 is 0 Å². The van der Waals surface area contributed by atoms with E-state index in [4.69, 9.17) is 0 Å². The van der Waals surface area contributed by atoms with Gasteiger partial charge in [-0.05, 0) is 36.6 Å². The molecule has 2 heterocycles. The first-order valence-electron chi connectivity index (χ1n) is 5.60. The predicted molar refractivity (Wildman–Crippen MR) is 61.2 cm³/mol. The van der Waals surface area contributed by atoms with Crippen molar-refractivity contribution in [3.05, 3.63) is 42.4 Å². The molecule has 1 saturated carbocycles. The highest BCUT2D eigenvalue weighted by Crippen LogP contribution is 2.19. The lowest BCUT2D eigenvalue weighted by Gasteiger charge is -2.05. The first-order valence-corrected chi connectivity index (χ1v) is 5.60. The van der Waals surface area contributed by atoms with Gasteiger partial charge < -0.3 is 5.32 Å². The lowest BCUT2D eigenvalue weighted by Crippen LogP contribution is -2.15. The topological polar surface area (TPSA) is 42.7 Å². The first-order chi connectivity index (χ1) is 7.92. The fraction of sp³-hybridized carbons (Fsp3) is 0.333. The highest BCUT2D eigenvalue weighted by Gasteiger charge is 2.19. The minimum atomic E-state index is 0.737. The number of aromatic nitrogens is 3. The fourth-order valence-corrected chi connectivity index (χ4v) is 1.65. The zero-order valence-corrected chi connectivity index (χ0v) is 9.00. The number of rotatable bonds is 4. The van der Waals surface area contributed by atoms with Gasteiger partial charge in [0.1, 0.15) is 0 Å². The van der Waals surface area contributed by atoms with Crippen LogP contribution in [0.25, 0.3) is 5.82 Å². The molecule has 4 nitrogen and oxygen atoms in total. The van der Waals surface area contributed by atoms with Gasteiger partial charge in [0.25, 0.3) is 0 Å². The number of hydrogen-bond acceptors (Lipinski definition) is 3. The Balaban J connectivity index is 1.76. The van der Waals surface area contributed by atoms with Crippen LogP contribution in [0.2, 0.25) is 0 Å². The highest BCUT2D eigenvalue weighted by atomic mass is 15.3. The van der Waals surface area contributed by atoms with Gasteiger partial charge in [-0.15, -0.1) is 0 Å². The van der Waals surface area contributed by atoms with E-state index in [0.717, 1.165) is 18.4 Å². The van der Waals surface area contributed by atoms with Gasteiger partial charge in [0.15, 0.2) is 5.82 Å². The molecule has 0 unspecified atom stereocenters. The Morgan fingerprint density at radius 3 is 3.06 bits per heavy atom. The standard InChI is InChI=1S/C12H14N4/c1-5-15-16(7-1)12-8-10(4-6-13-12)9-14-11-2-3-11/h1,4-8,11,14H,2-3,9H2. The van der Waals surface area contributed by atoms with Crippen LogP contribution >= 0.6 is 0 Å². The normalized spacial score (nSPS) is 15.2. The molecule has 0 spiro atoms. The van der Waals surface area contributed by atoms with E-state index >= 15 is 0 Å². The summed E-state index contributed by atoms with van der Waals surface area (Å²) in [4.78, 5) is 4.30. The summed E-state index contributed by atoms with van der Waals surface area (Å²) in [5, 5.41) is 7.66. The number of pyridine rings is 1. The zero-order chi connectivity index (χ0) is 10.8. The van der Waals surface area contributed by atoms with E-state index in [2.05, 4.69) is 21.5 Å². The molecule has 4 heteroatoms. The molecule has 0 radical (unpaired) electrons. The van der Waals surface area contributed by atoms with E-state index < -0.39 is 0 Å². The maximum atomic E-state index is 4.30. The molecule has 0 atom stereocenters. The Morgan fingerprint density at radius 2 is 2.31 bits per heavy atom. The molecule has 0 saturated heterocycles. The second-order valence-corrected chi connectivity index (χ2v) is 4.13. The van der Waals surface area contributed by atoms with Crippen LogP contribution in [-0.2, 0) is 6.54 Å². The van der Waals surface area contributed by atoms with Gasteiger partial charge in [0, 0.05) is 31.2 Å². The second-order valence-electron chi connectivity index (χ2n) is 4.13. The molecule has 0 aliphatic heterocycles. The monoisotopic (exact) mass is 214 g/mol. The molecule has 1 N–H and O–H groups in total. The summed E-state index contributed by atoms with van der Waals surface area (Å²) in [6, 6.07) is 6.75. The molecule has 2 aromatic heterocycles. The van der Waals surface area contributed by atoms with Gasteiger partial charge in [0.05, 0.1) is 0 Å². The summed E-state index contributed by atoms with van der Waals surface area (Å²) < 4.78 is 1.78. The van der Waals surface area contributed by atoms with E-state index in [1.165, 1.54) is 18.4 Å². The summed E-state index contributed by atoms with van der Waals surface area (Å²) in [6.07, 6.45) is 8.13. The van der Waals surface area contributed by atoms with Crippen LogP contribution < -0.4 is 5.32 Å². The van der Waals surface area contributed by atoms with Crippen LogP contribution in [-0.4, -0.2) is 20.8 Å². The van der Waals surface area contributed by atoms with Crippen molar-refractivity contribution in [1.29, 1.82) is 0 Å². The number of nitrogens with zero attached hydrogens (tertiary/aromatic N) is 3. The largest absolute Gasteiger partial charge is 0.310 e. The van der Waals surface area contributed by atoms with Crippen LogP contribution in [0.1, 0.15) is 18.4 Å². The van der Waals surface area contributed by atoms with Crippen molar-refractivity contribution in [2.45, 2.75) is 25.4 Å². The van der Waals surface area contributed by atoms with Crippen molar-refractivity contribution in [1.82, 2.24) is 20.1 Å². The van der Waals surface area contributed by atoms with E-state index in [0.29, 0.717) is 0 Å². The Morgan fingerprint density at radius 1 is 1.38 bits per heavy atom. The quantitative estimate of drug-likeness (QED) is 0.839. The van der Waals surface area contributed by atoms with Crippen LogP contribution in [0.15, 0.2) is 36.8 Å². The lowest BCUT2D eigenvalue weighted by atomic mass is 10.2. The summed E-state index contributed by atoms with van der Waals surface area (Å²) in [5.41, 5.74) is 1.26. The summed E-state index contributed by atoms with van der Waals surface area (Å²) in [6.45, 7) is 0.918. The molecule has 1 fully saturated rings. The third-order valence-corrected chi connectivity index (χ3v) is 2.72. The molecule has 0 amide bonds. The van der Waals surface area contributed by atoms with Gasteiger partial charge in [-0.2, -0.15) is 5.10 Å². The Kier molecular flexibility index (Phi) is 2.42. The smallest absolute Gasteiger partial charge is 0.153 e. The Bertz CT molecular complexity index is 460. The van der Waals surface area contributed by atoms with Gasteiger partial charge in [-0.1, -0.05) is 0 Å². The zero-order valence-electron chi connectivity index (χ0n) is 9.00. The van der Waals surface area contributed by atoms with Crippen molar-refractivity contribution in [3.63, 3.8) is 0 Å². The maximum Gasteiger partial charge on any atom is 0.153 e. The predicted octanol–water partition coefficient (Wildman–Crippen LogP) is 1.52. The first kappa shape index (κ1) is 9.54. The van der Waals surface area contributed by atoms with Crippen molar-refractivity contribution in [3.8, 4) is 5.82 Å². The van der Waals surface area contributed by atoms with Crippen LogP contribution in [0.4, 0.5) is 0 Å². The molecule has 2 aromatic rings. The minimum Gasteiger partial charge on any atom is -0.310 e. The van der Waals surface area contributed by atoms with Crippen LogP contribution in [0.5, 0.6) is 0 Å². The molecular weight excluding hydrogens is 200 g/mol. The van der Waals surface area contributed by atoms with E-state index in [-0.39, 0.29) is 0 Å². The molecule has 82 valence electrons. The Labute approximate surface area is 94.3 Å². The lowest BCUT2D eigenvalue weighted by molar-refractivity contribution is 0.685. The molecule has 0 bridgehead atoms. The third kappa shape index (κ3) is 2.12. The van der Waals surface area contributed by atoms with Crippen molar-refractivity contribution in [2.75, 3.05) is 0 Å². The number of hydrogen-bond donors (Lipinski definition) is 1. The average Bonchev–Trinajstić information content (AvgIpc) is 2.99. The molecule has 1 aliphatic rings. The second kappa shape index (κ2) is 4.06. The van der Waals surface area contributed by atoms with Crippen LogP contribution in [0, 0.1) is 0 Å². The molecule has 1 aliphatic carbocycles. The van der Waals surface area contributed by atoms with E-state index in [1.54, 1.807) is 10.9 Å². The van der Waals surface area contributed by atoms with Crippen molar-refractivity contribution in [2.24, 2.45) is 0 Å². The molecule has 0 aromatic carbocycles. The summed E-state index contributed by atoms with van der Waals surface area (Å²) in [7, 11) is 0. The maximum absolute atomic E-state index is 4.30. The molecule has 16 heavy (non-hydrogen) atoms. The Hall–Kier alpha value is -1.68. The van der Waals surface area contributed by atoms with E-state index in [1.807, 2.05) is 24.5 Å². The molecule has 3 rings (SSSR count). The van der Waals surface area contributed by atoms with Gasteiger partial charge in [-0.3, -0.25) is 0 Å². The summed E-state index contributed by atoms with van der Waals surface area (Å²) in [5.74, 6) is 0.875. The molecular formula is C12H14N4. The third-order valence-electron chi connectivity index (χ3n) is 2.72. The fourth-order valence-electron chi connectivity index (χ4n) is 1.65. The summed E-state index contributed by atoms with van der Waals surface area (Å²) >= 11 is 0. The van der Waals surface area contributed by atoms with Gasteiger partial charge in [0.2, 0.25) is 0 Å². The van der Waals surface area contributed by atoms with E-state index in [9.17, 15) is 0 Å². The van der Waals surface area contributed by atoms with Crippen molar-refractivity contribution < 1.29 is 0 Å². The van der Waals surface area contributed by atoms with Gasteiger partial charge in [-0.25, -0.2) is 9.67 Å². The minimum absolute atomic E-state index is 0.737.